The Hall–Kier alpha value is -4.54. The SMILES string of the molecule is CCCCc1nc(CCCC)n(Cc2ccc(-c3ccccc3C(=O)NNC(=O)CCC(NC(C)=O)C(=O)OC)cc2)n1. The minimum absolute atomic E-state index is 0.0195. The van der Waals surface area contributed by atoms with Crippen molar-refractivity contribution in [3.8, 4) is 11.1 Å². The zero-order valence-electron chi connectivity index (χ0n) is 25.4. The summed E-state index contributed by atoms with van der Waals surface area (Å²) in [5.41, 5.74) is 7.85. The highest BCUT2D eigenvalue weighted by molar-refractivity contribution is 6.01. The molecule has 1 unspecified atom stereocenters. The predicted molar refractivity (Wildman–Crippen MR) is 163 cm³/mol. The summed E-state index contributed by atoms with van der Waals surface area (Å²) in [5.74, 6) is -0.159. The Bertz CT molecular complexity index is 1390. The van der Waals surface area contributed by atoms with Gasteiger partial charge in [0.15, 0.2) is 5.82 Å². The summed E-state index contributed by atoms with van der Waals surface area (Å²) in [7, 11) is 1.20. The number of benzene rings is 2. The van der Waals surface area contributed by atoms with Crippen LogP contribution in [0.5, 0.6) is 0 Å². The number of carbonyl (C=O) groups excluding carboxylic acids is 4. The van der Waals surface area contributed by atoms with Crippen molar-refractivity contribution in [2.45, 2.75) is 84.7 Å². The molecule has 1 heterocycles. The predicted octanol–water partition coefficient (Wildman–Crippen LogP) is 3.90. The van der Waals surface area contributed by atoms with Crippen LogP contribution in [0.4, 0.5) is 0 Å². The van der Waals surface area contributed by atoms with Gasteiger partial charge >= 0.3 is 5.97 Å². The number of rotatable bonds is 15. The second kappa shape index (κ2) is 16.8. The molecular weight excluding hydrogens is 548 g/mol. The summed E-state index contributed by atoms with van der Waals surface area (Å²) in [6.07, 6.45) is 6.01. The number of ether oxygens (including phenoxy) is 1. The molecule has 0 bridgehead atoms. The van der Waals surface area contributed by atoms with Crippen molar-refractivity contribution in [3.63, 3.8) is 0 Å². The number of hydrazine groups is 1. The summed E-state index contributed by atoms with van der Waals surface area (Å²) < 4.78 is 6.67. The molecule has 0 aliphatic carbocycles. The second-order valence-electron chi connectivity index (χ2n) is 10.4. The average Bonchev–Trinajstić information content (AvgIpc) is 3.40. The molecule has 230 valence electrons. The first-order valence-corrected chi connectivity index (χ1v) is 14.8. The zero-order chi connectivity index (χ0) is 31.2. The van der Waals surface area contributed by atoms with Crippen LogP contribution in [-0.2, 0) is 38.5 Å². The molecule has 43 heavy (non-hydrogen) atoms. The lowest BCUT2D eigenvalue weighted by molar-refractivity contribution is -0.145. The Morgan fingerprint density at radius 2 is 1.63 bits per heavy atom. The highest BCUT2D eigenvalue weighted by Crippen LogP contribution is 2.24. The number of aryl methyl sites for hydroxylation is 2. The molecule has 0 fully saturated rings. The number of carbonyl (C=O) groups is 4. The Morgan fingerprint density at radius 1 is 0.930 bits per heavy atom. The molecule has 0 spiro atoms. The van der Waals surface area contributed by atoms with E-state index in [9.17, 15) is 19.2 Å². The minimum atomic E-state index is -0.955. The number of hydrogen-bond acceptors (Lipinski definition) is 7. The molecule has 3 N–H and O–H groups in total. The van der Waals surface area contributed by atoms with Gasteiger partial charge in [-0.1, -0.05) is 69.2 Å². The first-order valence-electron chi connectivity index (χ1n) is 14.8. The van der Waals surface area contributed by atoms with Crippen molar-refractivity contribution < 1.29 is 23.9 Å². The van der Waals surface area contributed by atoms with Gasteiger partial charge in [0, 0.05) is 31.7 Å². The van der Waals surface area contributed by atoms with Crippen LogP contribution in [-0.4, -0.2) is 51.6 Å². The zero-order valence-corrected chi connectivity index (χ0v) is 25.4. The smallest absolute Gasteiger partial charge is 0.328 e. The van der Waals surface area contributed by atoms with E-state index in [0.717, 1.165) is 61.3 Å². The van der Waals surface area contributed by atoms with E-state index in [1.165, 1.54) is 14.0 Å². The van der Waals surface area contributed by atoms with Gasteiger partial charge in [-0.15, -0.1) is 0 Å². The van der Waals surface area contributed by atoms with Gasteiger partial charge in [0.05, 0.1) is 13.7 Å². The number of amides is 3. The molecule has 11 heteroatoms. The molecule has 3 aromatic rings. The lowest BCUT2D eigenvalue weighted by Crippen LogP contribution is -2.44. The van der Waals surface area contributed by atoms with E-state index in [1.807, 2.05) is 41.1 Å². The Labute approximate surface area is 252 Å². The Morgan fingerprint density at radius 3 is 2.30 bits per heavy atom. The molecule has 1 atom stereocenters. The van der Waals surface area contributed by atoms with E-state index in [2.05, 4.69) is 34.8 Å². The third kappa shape index (κ3) is 10.1. The molecular formula is C32H42N6O5. The highest BCUT2D eigenvalue weighted by atomic mass is 16.5. The van der Waals surface area contributed by atoms with Crippen LogP contribution in [0, 0.1) is 0 Å². The summed E-state index contributed by atoms with van der Waals surface area (Å²) in [6.45, 7) is 6.22. The lowest BCUT2D eigenvalue weighted by atomic mass is 9.98. The normalized spacial score (nSPS) is 11.4. The first-order chi connectivity index (χ1) is 20.7. The molecule has 1 aromatic heterocycles. The third-order valence-electron chi connectivity index (χ3n) is 6.91. The van der Waals surface area contributed by atoms with E-state index in [1.54, 1.807) is 12.1 Å². The molecule has 3 amide bonds. The fourth-order valence-corrected chi connectivity index (χ4v) is 4.58. The van der Waals surface area contributed by atoms with Gasteiger partial charge in [0.25, 0.3) is 5.91 Å². The summed E-state index contributed by atoms with van der Waals surface area (Å²) in [4.78, 5) is 53.3. The van der Waals surface area contributed by atoms with Gasteiger partial charge in [-0.05, 0) is 42.0 Å². The van der Waals surface area contributed by atoms with E-state index >= 15 is 0 Å². The van der Waals surface area contributed by atoms with Crippen molar-refractivity contribution in [1.29, 1.82) is 0 Å². The Kier molecular flexibility index (Phi) is 12.9. The topological polar surface area (TPSA) is 144 Å². The van der Waals surface area contributed by atoms with E-state index in [0.29, 0.717) is 17.7 Å². The molecule has 3 rings (SSSR count). The third-order valence-corrected chi connectivity index (χ3v) is 6.91. The van der Waals surface area contributed by atoms with E-state index in [4.69, 9.17) is 10.1 Å². The van der Waals surface area contributed by atoms with Crippen molar-refractivity contribution in [1.82, 2.24) is 30.9 Å². The lowest BCUT2D eigenvalue weighted by Gasteiger charge is -2.15. The second-order valence-corrected chi connectivity index (χ2v) is 10.4. The molecule has 11 nitrogen and oxygen atoms in total. The fourth-order valence-electron chi connectivity index (χ4n) is 4.58. The number of hydrogen-bond donors (Lipinski definition) is 3. The van der Waals surface area contributed by atoms with Gasteiger partial charge < -0.3 is 10.1 Å². The van der Waals surface area contributed by atoms with Crippen molar-refractivity contribution in [2.24, 2.45) is 0 Å². The number of methoxy groups -OCH3 is 1. The maximum absolute atomic E-state index is 13.0. The summed E-state index contributed by atoms with van der Waals surface area (Å²) >= 11 is 0. The minimum Gasteiger partial charge on any atom is -0.467 e. The van der Waals surface area contributed by atoms with Crippen molar-refractivity contribution in [3.05, 3.63) is 71.3 Å². The number of esters is 1. The van der Waals surface area contributed by atoms with Crippen LogP contribution in [0.1, 0.15) is 86.9 Å². The quantitative estimate of drug-likeness (QED) is 0.180. The molecule has 0 saturated carbocycles. The van der Waals surface area contributed by atoms with Gasteiger partial charge in [-0.25, -0.2) is 14.5 Å². The first kappa shape index (κ1) is 33.0. The summed E-state index contributed by atoms with van der Waals surface area (Å²) in [6, 6.07) is 14.2. The maximum Gasteiger partial charge on any atom is 0.328 e. The molecule has 0 aliphatic rings. The van der Waals surface area contributed by atoms with Crippen LogP contribution in [0.25, 0.3) is 11.1 Å². The molecule has 0 radical (unpaired) electrons. The van der Waals surface area contributed by atoms with Crippen LogP contribution in [0.2, 0.25) is 0 Å². The van der Waals surface area contributed by atoms with Crippen LogP contribution < -0.4 is 16.2 Å². The van der Waals surface area contributed by atoms with Crippen molar-refractivity contribution in [2.75, 3.05) is 7.11 Å². The van der Waals surface area contributed by atoms with E-state index < -0.39 is 29.7 Å². The standard InChI is InChI=1S/C32H42N6O5/c1-5-7-13-28-34-29(14-8-6-2)38(37-28)21-23-15-17-24(18-16-23)25-11-9-10-12-26(25)31(41)36-35-30(40)20-19-27(32(42)43-4)33-22(3)39/h9-12,15-18,27H,5-8,13-14,19-21H2,1-4H3,(H,33,39)(H,35,40)(H,36,41). The fraction of sp³-hybridized carbons (Fsp3) is 0.438. The number of nitrogens with zero attached hydrogens (tertiary/aromatic N) is 3. The monoisotopic (exact) mass is 590 g/mol. The number of unbranched alkanes of at least 4 members (excludes halogenated alkanes) is 2. The van der Waals surface area contributed by atoms with Crippen molar-refractivity contribution >= 4 is 23.7 Å². The number of aromatic nitrogens is 3. The molecule has 0 saturated heterocycles. The molecule has 2 aromatic carbocycles. The molecule has 0 aliphatic heterocycles. The average molecular weight is 591 g/mol. The highest BCUT2D eigenvalue weighted by Gasteiger charge is 2.21. The summed E-state index contributed by atoms with van der Waals surface area (Å²) in [5, 5.41) is 7.22. The Balaban J connectivity index is 1.65. The van der Waals surface area contributed by atoms with Gasteiger partial charge in [0.2, 0.25) is 11.8 Å². The number of nitrogens with one attached hydrogen (secondary N) is 3. The largest absolute Gasteiger partial charge is 0.467 e. The van der Waals surface area contributed by atoms with Crippen LogP contribution >= 0.6 is 0 Å². The van der Waals surface area contributed by atoms with Gasteiger partial charge in [-0.2, -0.15) is 5.10 Å². The van der Waals surface area contributed by atoms with Crippen LogP contribution in [0.15, 0.2) is 48.5 Å². The van der Waals surface area contributed by atoms with E-state index in [-0.39, 0.29) is 12.8 Å². The van der Waals surface area contributed by atoms with Gasteiger partial charge in [0.1, 0.15) is 11.9 Å². The van der Waals surface area contributed by atoms with Gasteiger partial charge in [-0.3, -0.25) is 25.2 Å². The maximum atomic E-state index is 13.0. The van der Waals surface area contributed by atoms with Crippen LogP contribution in [0.3, 0.4) is 0 Å².